The van der Waals surface area contributed by atoms with Gasteiger partial charge in [0.15, 0.2) is 0 Å². The smallest absolute Gasteiger partial charge is 0.331 e. The number of carbonyl (C=O) groups excluding carboxylic acids is 2. The summed E-state index contributed by atoms with van der Waals surface area (Å²) in [6.45, 7) is 8.02. The molecule has 0 radical (unpaired) electrons. The monoisotopic (exact) mass is 314 g/mol. The van der Waals surface area contributed by atoms with Crippen LogP contribution >= 0.6 is 0 Å². The van der Waals surface area contributed by atoms with Gasteiger partial charge in [0, 0.05) is 12.2 Å². The van der Waals surface area contributed by atoms with Gasteiger partial charge in [-0.3, -0.25) is 4.79 Å². The summed E-state index contributed by atoms with van der Waals surface area (Å²) in [6, 6.07) is 0. The Morgan fingerprint density at radius 3 is 1.59 bits per heavy atom. The van der Waals surface area contributed by atoms with Crippen LogP contribution in [0.15, 0.2) is 24.8 Å². The zero-order chi connectivity index (χ0) is 17.2. The van der Waals surface area contributed by atoms with E-state index in [1.165, 1.54) is 6.08 Å². The third kappa shape index (κ3) is 20.2. The van der Waals surface area contributed by atoms with Crippen molar-refractivity contribution < 1.29 is 29.0 Å². The molecule has 0 saturated carbocycles. The molecule has 0 aromatic heterocycles. The highest BCUT2D eigenvalue weighted by molar-refractivity contribution is 5.91. The highest BCUT2D eigenvalue weighted by Crippen LogP contribution is 1.92. The largest absolute Gasteiger partial charge is 0.481 e. The van der Waals surface area contributed by atoms with Crippen LogP contribution in [-0.4, -0.2) is 36.2 Å². The fourth-order valence-electron chi connectivity index (χ4n) is 0.990. The van der Waals surface area contributed by atoms with Crippen molar-refractivity contribution >= 4 is 17.9 Å². The molecular formula is C16H26O6. The zero-order valence-electron chi connectivity index (χ0n) is 13.4. The predicted octanol–water partition coefficient (Wildman–Crippen LogP) is 2.88. The molecule has 0 bridgehead atoms. The number of carboxylic acid groups (broad SMARTS) is 1. The lowest BCUT2D eigenvalue weighted by Gasteiger charge is -2.00. The van der Waals surface area contributed by atoms with Crippen LogP contribution in [0.1, 0.15) is 46.0 Å². The minimum Gasteiger partial charge on any atom is -0.481 e. The van der Waals surface area contributed by atoms with E-state index in [9.17, 15) is 14.4 Å². The van der Waals surface area contributed by atoms with Crippen LogP contribution in [0.4, 0.5) is 0 Å². The number of esters is 2. The van der Waals surface area contributed by atoms with Crippen molar-refractivity contribution in [1.29, 1.82) is 0 Å². The van der Waals surface area contributed by atoms with Crippen LogP contribution in [0.5, 0.6) is 0 Å². The summed E-state index contributed by atoms with van der Waals surface area (Å²) in [7, 11) is 0. The first kappa shape index (κ1) is 22.2. The number of ether oxygens (including phenoxy) is 2. The highest BCUT2D eigenvalue weighted by Gasteiger charge is 2.00. The van der Waals surface area contributed by atoms with Gasteiger partial charge in [-0.1, -0.05) is 32.8 Å². The quantitative estimate of drug-likeness (QED) is 0.288. The molecule has 0 rings (SSSR count). The van der Waals surface area contributed by atoms with Gasteiger partial charge < -0.3 is 14.6 Å². The van der Waals surface area contributed by atoms with Gasteiger partial charge in [0.05, 0.1) is 19.6 Å². The van der Waals surface area contributed by atoms with E-state index in [1.807, 2.05) is 13.8 Å². The van der Waals surface area contributed by atoms with Crippen LogP contribution in [0.2, 0.25) is 0 Å². The molecule has 0 aliphatic carbocycles. The third-order valence-corrected chi connectivity index (χ3v) is 2.16. The topological polar surface area (TPSA) is 89.9 Å². The Hall–Kier alpha value is -2.11. The SMILES string of the molecule is C=CCC(=O)O.CCCCOC(=O)/C=C\C(=O)OCCCC. The molecule has 0 aliphatic heterocycles. The maximum absolute atomic E-state index is 11.0. The zero-order valence-corrected chi connectivity index (χ0v) is 13.4. The Labute approximate surface area is 131 Å². The lowest BCUT2D eigenvalue weighted by molar-refractivity contribution is -0.140. The van der Waals surface area contributed by atoms with Crippen LogP contribution in [0, 0.1) is 0 Å². The Morgan fingerprint density at radius 1 is 0.955 bits per heavy atom. The summed E-state index contributed by atoms with van der Waals surface area (Å²) in [5, 5.41) is 7.84. The fraction of sp³-hybridized carbons (Fsp3) is 0.562. The van der Waals surface area contributed by atoms with Gasteiger partial charge in [-0.2, -0.15) is 0 Å². The van der Waals surface area contributed by atoms with E-state index in [0.29, 0.717) is 13.2 Å². The average Bonchev–Trinajstić information content (AvgIpc) is 2.46. The van der Waals surface area contributed by atoms with Crippen LogP contribution in [0.3, 0.4) is 0 Å². The first-order chi connectivity index (χ1) is 10.5. The normalized spacial score (nSPS) is 9.55. The molecule has 22 heavy (non-hydrogen) atoms. The summed E-state index contributed by atoms with van der Waals surface area (Å²) in [6.07, 6.45) is 7.21. The second-order valence-corrected chi connectivity index (χ2v) is 4.26. The van der Waals surface area contributed by atoms with Crippen molar-refractivity contribution in [3.8, 4) is 0 Å². The first-order valence-electron chi connectivity index (χ1n) is 7.32. The third-order valence-electron chi connectivity index (χ3n) is 2.16. The van der Waals surface area contributed by atoms with Gasteiger partial charge in [-0.15, -0.1) is 6.58 Å². The number of aliphatic carboxylic acids is 1. The van der Waals surface area contributed by atoms with E-state index in [1.54, 1.807) is 0 Å². The number of unbranched alkanes of at least 4 members (excludes halogenated alkanes) is 2. The van der Waals surface area contributed by atoms with Crippen LogP contribution in [-0.2, 0) is 23.9 Å². The van der Waals surface area contributed by atoms with E-state index >= 15 is 0 Å². The standard InChI is InChI=1S/C12H20O4.C4H6O2/c1-3-5-9-15-11(13)7-8-12(14)16-10-6-4-2;1-2-3-4(5)6/h7-8H,3-6,9-10H2,1-2H3;2H,1,3H2,(H,5,6)/b8-7-;. The van der Waals surface area contributed by atoms with Gasteiger partial charge in [0.2, 0.25) is 0 Å². The maximum atomic E-state index is 11.0. The van der Waals surface area contributed by atoms with Crippen molar-refractivity contribution in [3.05, 3.63) is 24.8 Å². The van der Waals surface area contributed by atoms with E-state index in [4.69, 9.17) is 14.6 Å². The van der Waals surface area contributed by atoms with E-state index in [2.05, 4.69) is 6.58 Å². The molecule has 6 nitrogen and oxygen atoms in total. The Morgan fingerprint density at radius 2 is 1.36 bits per heavy atom. The van der Waals surface area contributed by atoms with Crippen LogP contribution in [0.25, 0.3) is 0 Å². The molecule has 1 N–H and O–H groups in total. The molecule has 0 fully saturated rings. The van der Waals surface area contributed by atoms with Gasteiger partial charge >= 0.3 is 17.9 Å². The Kier molecular flexibility index (Phi) is 17.1. The second-order valence-electron chi connectivity index (χ2n) is 4.26. The summed E-state index contributed by atoms with van der Waals surface area (Å²) in [5.74, 6) is -1.83. The van der Waals surface area contributed by atoms with Crippen molar-refractivity contribution in [2.24, 2.45) is 0 Å². The lowest BCUT2D eigenvalue weighted by Crippen LogP contribution is -2.05. The van der Waals surface area contributed by atoms with Gasteiger partial charge in [0.1, 0.15) is 0 Å². The molecule has 0 heterocycles. The summed E-state index contributed by atoms with van der Waals surface area (Å²) < 4.78 is 9.65. The maximum Gasteiger partial charge on any atom is 0.331 e. The molecule has 0 saturated heterocycles. The minimum atomic E-state index is -0.829. The molecule has 0 atom stereocenters. The average molecular weight is 314 g/mol. The molecule has 0 amide bonds. The highest BCUT2D eigenvalue weighted by atomic mass is 16.5. The minimum absolute atomic E-state index is 0.0556. The molecule has 0 unspecified atom stereocenters. The lowest BCUT2D eigenvalue weighted by atomic mass is 10.4. The van der Waals surface area contributed by atoms with E-state index in [-0.39, 0.29) is 6.42 Å². The number of hydrogen-bond acceptors (Lipinski definition) is 5. The van der Waals surface area contributed by atoms with Crippen molar-refractivity contribution in [3.63, 3.8) is 0 Å². The predicted molar refractivity (Wildman–Crippen MR) is 83.3 cm³/mol. The van der Waals surface area contributed by atoms with E-state index < -0.39 is 17.9 Å². The fourth-order valence-corrected chi connectivity index (χ4v) is 0.990. The van der Waals surface area contributed by atoms with Gasteiger partial charge in [0.25, 0.3) is 0 Å². The van der Waals surface area contributed by atoms with Gasteiger partial charge in [-0.25, -0.2) is 9.59 Å². The number of carboxylic acids is 1. The summed E-state index contributed by atoms with van der Waals surface area (Å²) in [5.41, 5.74) is 0. The van der Waals surface area contributed by atoms with Crippen molar-refractivity contribution in [2.75, 3.05) is 13.2 Å². The molecule has 0 aromatic carbocycles. The van der Waals surface area contributed by atoms with Crippen molar-refractivity contribution in [1.82, 2.24) is 0 Å². The Balaban J connectivity index is 0. The van der Waals surface area contributed by atoms with Crippen molar-refractivity contribution in [2.45, 2.75) is 46.0 Å². The summed E-state index contributed by atoms with van der Waals surface area (Å²) in [4.78, 5) is 31.6. The molecule has 0 spiro atoms. The molecular weight excluding hydrogens is 288 g/mol. The molecule has 126 valence electrons. The van der Waals surface area contributed by atoms with Gasteiger partial charge in [-0.05, 0) is 12.8 Å². The second kappa shape index (κ2) is 16.9. The Bertz CT molecular complexity index is 336. The number of hydrogen-bond donors (Lipinski definition) is 1. The molecule has 0 aliphatic rings. The molecule has 0 aromatic rings. The summed E-state index contributed by atoms with van der Waals surface area (Å²) >= 11 is 0. The first-order valence-corrected chi connectivity index (χ1v) is 7.32. The van der Waals surface area contributed by atoms with E-state index in [0.717, 1.165) is 37.8 Å². The van der Waals surface area contributed by atoms with Crippen LogP contribution < -0.4 is 0 Å². The molecule has 6 heteroatoms. The number of carbonyl (C=O) groups is 3. The number of rotatable bonds is 10.